The summed E-state index contributed by atoms with van der Waals surface area (Å²) in [4.78, 5) is 28.5. The third-order valence-corrected chi connectivity index (χ3v) is 8.16. The minimum Gasteiger partial charge on any atom is -0.442 e. The van der Waals surface area contributed by atoms with E-state index in [2.05, 4.69) is 15.6 Å². The summed E-state index contributed by atoms with van der Waals surface area (Å²) in [6.07, 6.45) is 1.29. The predicted octanol–water partition coefficient (Wildman–Crippen LogP) is 2.85. The van der Waals surface area contributed by atoms with Crippen LogP contribution in [0.3, 0.4) is 0 Å². The van der Waals surface area contributed by atoms with Crippen molar-refractivity contribution in [3.8, 4) is 0 Å². The fourth-order valence-electron chi connectivity index (χ4n) is 4.24. The van der Waals surface area contributed by atoms with Crippen LogP contribution in [0.2, 0.25) is 0 Å². The molecule has 1 heterocycles. The van der Waals surface area contributed by atoms with Gasteiger partial charge >= 0.3 is 6.09 Å². The topological polar surface area (TPSA) is 162 Å². The summed E-state index contributed by atoms with van der Waals surface area (Å²) in [5, 5.41) is 24.2. The Morgan fingerprint density at radius 1 is 1.05 bits per heavy atom. The van der Waals surface area contributed by atoms with E-state index in [-0.39, 0.29) is 43.5 Å². The monoisotopic (exact) mass is 611 g/mol. The van der Waals surface area contributed by atoms with Gasteiger partial charge in [-0.25, -0.2) is 23.6 Å². The van der Waals surface area contributed by atoms with Gasteiger partial charge in [0.1, 0.15) is 12.9 Å². The van der Waals surface area contributed by atoms with E-state index >= 15 is 0 Å². The Morgan fingerprint density at radius 3 is 2.35 bits per heavy atom. The van der Waals surface area contributed by atoms with Crippen LogP contribution in [-0.2, 0) is 32.6 Å². The van der Waals surface area contributed by atoms with Gasteiger partial charge in [0.25, 0.3) is 0 Å². The first-order chi connectivity index (χ1) is 20.6. The standard InChI is InChI=1S/C30H37N5O7S/c1-23(2)20-34(43(40,41)27-13-11-25(12-14-27)19-32-39)21-29(37)28(18-24-8-4-3-5-9-24)33-35(16-17-36)30(38)42-22-26-10-6-7-15-31-26/h3-15,17,19,23,28-29,33,37,39H,16,18,20-22H2,1-2H3/t28-,29+/m0/s1. The summed E-state index contributed by atoms with van der Waals surface area (Å²) in [6, 6.07) is 19.2. The molecule has 230 valence electrons. The number of oxime groups is 1. The zero-order valence-corrected chi connectivity index (χ0v) is 24.9. The quantitative estimate of drug-likeness (QED) is 0.0957. The molecule has 0 aliphatic carbocycles. The number of carbonyl (C=O) groups excluding carboxylic acids is 2. The minimum absolute atomic E-state index is 0.00342. The second-order valence-electron chi connectivity index (χ2n) is 10.2. The van der Waals surface area contributed by atoms with Crippen LogP contribution in [0.5, 0.6) is 0 Å². The van der Waals surface area contributed by atoms with E-state index in [1.54, 1.807) is 24.4 Å². The molecule has 0 aliphatic rings. The van der Waals surface area contributed by atoms with E-state index < -0.39 is 28.3 Å². The van der Waals surface area contributed by atoms with Crippen LogP contribution in [0, 0.1) is 5.92 Å². The number of hydrogen-bond donors (Lipinski definition) is 3. The van der Waals surface area contributed by atoms with E-state index in [9.17, 15) is 23.1 Å². The van der Waals surface area contributed by atoms with E-state index in [1.807, 2.05) is 44.2 Å². The van der Waals surface area contributed by atoms with Crippen LogP contribution < -0.4 is 5.43 Å². The van der Waals surface area contributed by atoms with Crippen molar-refractivity contribution in [2.75, 3.05) is 19.6 Å². The lowest BCUT2D eigenvalue weighted by molar-refractivity contribution is -0.109. The summed E-state index contributed by atoms with van der Waals surface area (Å²) in [7, 11) is -4.05. The molecule has 3 aromatic rings. The highest BCUT2D eigenvalue weighted by atomic mass is 32.2. The number of rotatable bonds is 16. The number of amides is 1. The summed E-state index contributed by atoms with van der Waals surface area (Å²) in [6.45, 7) is 3.02. The number of ether oxygens (including phenoxy) is 1. The van der Waals surface area contributed by atoms with Gasteiger partial charge in [0.05, 0.1) is 35.5 Å². The normalized spacial score (nSPS) is 13.2. The Bertz CT molecular complexity index is 1420. The number of aromatic nitrogens is 1. The second-order valence-corrected chi connectivity index (χ2v) is 12.1. The number of aliphatic hydroxyl groups is 1. The van der Waals surface area contributed by atoms with Crippen LogP contribution >= 0.6 is 0 Å². The Hall–Kier alpha value is -4.17. The van der Waals surface area contributed by atoms with Crippen LogP contribution in [0.1, 0.15) is 30.7 Å². The molecule has 2 aromatic carbocycles. The molecule has 43 heavy (non-hydrogen) atoms. The Kier molecular flexibility index (Phi) is 12.8. The number of aliphatic hydroxyl groups excluding tert-OH is 1. The van der Waals surface area contributed by atoms with Crippen LogP contribution in [0.25, 0.3) is 0 Å². The van der Waals surface area contributed by atoms with Gasteiger partial charge in [0.2, 0.25) is 10.0 Å². The molecule has 0 saturated heterocycles. The van der Waals surface area contributed by atoms with Gasteiger partial charge in [-0.05, 0) is 47.7 Å². The molecule has 3 N–H and O–H groups in total. The smallest absolute Gasteiger partial charge is 0.425 e. The summed E-state index contributed by atoms with van der Waals surface area (Å²) >= 11 is 0. The van der Waals surface area contributed by atoms with Crippen molar-refractivity contribution in [2.24, 2.45) is 11.1 Å². The number of nitrogens with zero attached hydrogens (tertiary/aromatic N) is 4. The lowest BCUT2D eigenvalue weighted by atomic mass is 10.0. The zero-order valence-electron chi connectivity index (χ0n) is 24.1. The van der Waals surface area contributed by atoms with Gasteiger partial charge in [-0.1, -0.05) is 67.5 Å². The molecule has 0 unspecified atom stereocenters. The van der Waals surface area contributed by atoms with Crippen molar-refractivity contribution in [1.82, 2.24) is 19.7 Å². The SMILES string of the molecule is CC(C)CN(C[C@@H](O)[C@H](Cc1ccccc1)NN(CC=O)C(=O)OCc1ccccn1)S(=O)(=O)c1ccc(C=NO)cc1. The van der Waals surface area contributed by atoms with E-state index in [4.69, 9.17) is 9.94 Å². The van der Waals surface area contributed by atoms with E-state index in [0.717, 1.165) is 10.6 Å². The first-order valence-electron chi connectivity index (χ1n) is 13.7. The van der Waals surface area contributed by atoms with Gasteiger partial charge in [0.15, 0.2) is 0 Å². The Balaban J connectivity index is 1.86. The number of benzene rings is 2. The van der Waals surface area contributed by atoms with Crippen molar-refractivity contribution < 1.29 is 33.1 Å². The molecular formula is C30H37N5O7S. The van der Waals surface area contributed by atoms with Gasteiger partial charge in [-0.2, -0.15) is 4.31 Å². The fraction of sp³-hybridized carbons (Fsp3) is 0.333. The number of nitrogens with one attached hydrogen (secondary N) is 1. The van der Waals surface area contributed by atoms with Gasteiger partial charge in [0, 0.05) is 19.3 Å². The molecule has 0 aliphatic heterocycles. The van der Waals surface area contributed by atoms with Gasteiger partial charge in [-0.15, -0.1) is 0 Å². The lowest BCUT2D eigenvalue weighted by Crippen LogP contribution is -2.56. The largest absolute Gasteiger partial charge is 0.442 e. The molecule has 0 bridgehead atoms. The van der Waals surface area contributed by atoms with E-state index in [1.165, 1.54) is 34.8 Å². The first kappa shape index (κ1) is 33.3. The molecule has 1 aromatic heterocycles. The maximum atomic E-state index is 13.7. The molecule has 12 nitrogen and oxygen atoms in total. The van der Waals surface area contributed by atoms with Crippen molar-refractivity contribution >= 4 is 28.6 Å². The number of hydrogen-bond acceptors (Lipinski definition) is 10. The molecule has 2 atom stereocenters. The van der Waals surface area contributed by atoms with Crippen molar-refractivity contribution in [3.63, 3.8) is 0 Å². The highest BCUT2D eigenvalue weighted by molar-refractivity contribution is 7.89. The third-order valence-electron chi connectivity index (χ3n) is 6.32. The van der Waals surface area contributed by atoms with E-state index in [0.29, 0.717) is 17.5 Å². The predicted molar refractivity (Wildman–Crippen MR) is 160 cm³/mol. The van der Waals surface area contributed by atoms with Crippen molar-refractivity contribution in [1.29, 1.82) is 0 Å². The number of pyridine rings is 1. The second kappa shape index (κ2) is 16.5. The number of aldehydes is 1. The summed E-state index contributed by atoms with van der Waals surface area (Å²) < 4.78 is 33.9. The molecule has 0 radical (unpaired) electrons. The number of hydrazine groups is 1. The maximum Gasteiger partial charge on any atom is 0.425 e. The number of sulfonamides is 1. The number of carbonyl (C=O) groups is 2. The molecular weight excluding hydrogens is 574 g/mol. The molecule has 0 saturated carbocycles. The van der Waals surface area contributed by atoms with Crippen molar-refractivity contribution in [3.05, 3.63) is 95.8 Å². The zero-order chi connectivity index (χ0) is 31.2. The van der Waals surface area contributed by atoms with Gasteiger partial charge in [-0.3, -0.25) is 4.98 Å². The molecule has 13 heteroatoms. The Morgan fingerprint density at radius 2 is 1.74 bits per heavy atom. The van der Waals surface area contributed by atoms with Gasteiger partial charge < -0.3 is 19.8 Å². The first-order valence-corrected chi connectivity index (χ1v) is 15.1. The highest BCUT2D eigenvalue weighted by Crippen LogP contribution is 2.20. The maximum absolute atomic E-state index is 13.7. The third kappa shape index (κ3) is 10.3. The summed E-state index contributed by atoms with van der Waals surface area (Å²) in [5.74, 6) is -0.0727. The molecule has 0 spiro atoms. The Labute approximate surface area is 251 Å². The average Bonchev–Trinajstić information content (AvgIpc) is 3.00. The molecule has 3 rings (SSSR count). The van der Waals surface area contributed by atoms with Crippen LogP contribution in [0.4, 0.5) is 4.79 Å². The minimum atomic E-state index is -4.05. The van der Waals surface area contributed by atoms with Crippen LogP contribution in [-0.4, -0.2) is 83.4 Å². The fourth-order valence-corrected chi connectivity index (χ4v) is 5.86. The molecule has 1 amide bonds. The lowest BCUT2D eigenvalue weighted by Gasteiger charge is -2.33. The van der Waals surface area contributed by atoms with Crippen molar-refractivity contribution in [2.45, 2.75) is 43.9 Å². The van der Waals surface area contributed by atoms with Crippen LogP contribution in [0.15, 0.2) is 89.0 Å². The summed E-state index contributed by atoms with van der Waals surface area (Å²) in [5.41, 5.74) is 4.74. The highest BCUT2D eigenvalue weighted by Gasteiger charge is 2.32. The average molecular weight is 612 g/mol. The molecule has 0 fully saturated rings.